The first kappa shape index (κ1) is 12.2. The summed E-state index contributed by atoms with van der Waals surface area (Å²) in [5.41, 5.74) is 2.24. The van der Waals surface area contributed by atoms with Crippen molar-refractivity contribution in [1.29, 1.82) is 0 Å². The Bertz CT molecular complexity index is 500. The predicted octanol–water partition coefficient (Wildman–Crippen LogP) is 4.02. The quantitative estimate of drug-likeness (QED) is 0.834. The molecule has 4 heteroatoms. The zero-order valence-corrected chi connectivity index (χ0v) is 10.9. The number of anilines is 1. The molecule has 2 aromatic rings. The highest BCUT2D eigenvalue weighted by molar-refractivity contribution is 6.42. The summed E-state index contributed by atoms with van der Waals surface area (Å²) in [6, 6.07) is 9.63. The highest BCUT2D eigenvalue weighted by Crippen LogP contribution is 2.24. The monoisotopic (exact) mass is 266 g/mol. The van der Waals surface area contributed by atoms with E-state index in [1.54, 1.807) is 12.4 Å². The predicted molar refractivity (Wildman–Crippen MR) is 72.8 cm³/mol. The fraction of sp³-hybridized carbons (Fsp3) is 0.154. The van der Waals surface area contributed by atoms with Crippen molar-refractivity contribution in [2.24, 2.45) is 0 Å². The minimum atomic E-state index is 0.585. The van der Waals surface area contributed by atoms with Crippen molar-refractivity contribution in [2.45, 2.75) is 6.54 Å². The van der Waals surface area contributed by atoms with E-state index < -0.39 is 0 Å². The molecular weight excluding hydrogens is 255 g/mol. The lowest BCUT2D eigenvalue weighted by molar-refractivity contribution is 0.921. The van der Waals surface area contributed by atoms with Crippen molar-refractivity contribution in [1.82, 2.24) is 4.98 Å². The molecule has 0 aliphatic heterocycles. The molecule has 0 unspecified atom stereocenters. The van der Waals surface area contributed by atoms with Crippen LogP contribution in [0.3, 0.4) is 0 Å². The highest BCUT2D eigenvalue weighted by atomic mass is 35.5. The van der Waals surface area contributed by atoms with Crippen LogP contribution in [-0.4, -0.2) is 12.0 Å². The van der Waals surface area contributed by atoms with Gasteiger partial charge in [-0.05, 0) is 29.8 Å². The van der Waals surface area contributed by atoms with Gasteiger partial charge in [0, 0.05) is 31.7 Å². The Labute approximate surface area is 111 Å². The molecule has 0 fully saturated rings. The summed E-state index contributed by atoms with van der Waals surface area (Å²) in [6.07, 6.45) is 3.56. The van der Waals surface area contributed by atoms with E-state index in [1.165, 1.54) is 0 Å². The Kier molecular flexibility index (Phi) is 3.87. The molecule has 1 aromatic heterocycles. The Morgan fingerprint density at radius 3 is 2.41 bits per heavy atom. The summed E-state index contributed by atoms with van der Waals surface area (Å²) in [7, 11) is 2.03. The first-order valence-electron chi connectivity index (χ1n) is 5.22. The summed E-state index contributed by atoms with van der Waals surface area (Å²) in [6.45, 7) is 0.779. The molecule has 0 N–H and O–H groups in total. The van der Waals surface area contributed by atoms with Crippen LogP contribution < -0.4 is 4.90 Å². The fourth-order valence-electron chi connectivity index (χ4n) is 1.60. The fourth-order valence-corrected chi connectivity index (χ4v) is 1.92. The van der Waals surface area contributed by atoms with Crippen LogP contribution in [0.1, 0.15) is 5.56 Å². The van der Waals surface area contributed by atoms with Gasteiger partial charge in [-0.2, -0.15) is 0 Å². The zero-order chi connectivity index (χ0) is 12.3. The van der Waals surface area contributed by atoms with Crippen molar-refractivity contribution >= 4 is 28.9 Å². The minimum absolute atomic E-state index is 0.585. The maximum atomic E-state index is 5.98. The van der Waals surface area contributed by atoms with Crippen LogP contribution >= 0.6 is 23.2 Å². The SMILES string of the molecule is CN(Cc1ccc(Cl)c(Cl)c1)c1ccncc1. The van der Waals surface area contributed by atoms with Gasteiger partial charge in [0.2, 0.25) is 0 Å². The van der Waals surface area contributed by atoms with Crippen LogP contribution in [0.15, 0.2) is 42.7 Å². The molecular formula is C13H12Cl2N2. The number of aromatic nitrogens is 1. The summed E-state index contributed by atoms with van der Waals surface area (Å²) in [5.74, 6) is 0. The van der Waals surface area contributed by atoms with E-state index in [1.807, 2.05) is 37.4 Å². The molecule has 1 aromatic carbocycles. The van der Waals surface area contributed by atoms with Crippen LogP contribution in [0.5, 0.6) is 0 Å². The van der Waals surface area contributed by atoms with E-state index in [9.17, 15) is 0 Å². The van der Waals surface area contributed by atoms with Crippen LogP contribution in [0.25, 0.3) is 0 Å². The molecule has 2 nitrogen and oxygen atoms in total. The van der Waals surface area contributed by atoms with Gasteiger partial charge in [0.15, 0.2) is 0 Å². The Hall–Kier alpha value is -1.25. The lowest BCUT2D eigenvalue weighted by Gasteiger charge is -2.19. The number of halogens is 2. The maximum Gasteiger partial charge on any atom is 0.0595 e. The van der Waals surface area contributed by atoms with Crippen LogP contribution in [0.4, 0.5) is 5.69 Å². The molecule has 0 spiro atoms. The summed E-state index contributed by atoms with van der Waals surface area (Å²) >= 11 is 11.9. The van der Waals surface area contributed by atoms with Crippen LogP contribution in [0.2, 0.25) is 10.0 Å². The molecule has 0 aliphatic carbocycles. The lowest BCUT2D eigenvalue weighted by atomic mass is 10.2. The van der Waals surface area contributed by atoms with Crippen molar-refractivity contribution in [2.75, 3.05) is 11.9 Å². The number of rotatable bonds is 3. The van der Waals surface area contributed by atoms with E-state index in [4.69, 9.17) is 23.2 Å². The highest BCUT2D eigenvalue weighted by Gasteiger charge is 2.04. The second-order valence-corrected chi connectivity index (χ2v) is 4.62. The third-order valence-corrected chi connectivity index (χ3v) is 3.25. The third-order valence-electron chi connectivity index (χ3n) is 2.51. The lowest BCUT2D eigenvalue weighted by Crippen LogP contribution is -2.16. The molecule has 88 valence electrons. The molecule has 0 atom stereocenters. The molecule has 0 radical (unpaired) electrons. The largest absolute Gasteiger partial charge is 0.370 e. The van der Waals surface area contributed by atoms with Gasteiger partial charge in [0.25, 0.3) is 0 Å². The van der Waals surface area contributed by atoms with Crippen molar-refractivity contribution in [3.63, 3.8) is 0 Å². The van der Waals surface area contributed by atoms with Crippen molar-refractivity contribution in [3.05, 3.63) is 58.3 Å². The number of nitrogens with zero attached hydrogens (tertiary/aromatic N) is 2. The molecule has 0 saturated heterocycles. The number of pyridine rings is 1. The van der Waals surface area contributed by atoms with E-state index in [2.05, 4.69) is 9.88 Å². The standard InChI is InChI=1S/C13H12Cl2N2/c1-17(11-4-6-16-7-5-11)9-10-2-3-12(14)13(15)8-10/h2-8H,9H2,1H3. The van der Waals surface area contributed by atoms with Crippen LogP contribution in [-0.2, 0) is 6.54 Å². The zero-order valence-electron chi connectivity index (χ0n) is 9.40. The minimum Gasteiger partial charge on any atom is -0.370 e. The van der Waals surface area contributed by atoms with Gasteiger partial charge in [0.05, 0.1) is 10.0 Å². The van der Waals surface area contributed by atoms with Crippen LogP contribution in [0, 0.1) is 0 Å². The van der Waals surface area contributed by atoms with Gasteiger partial charge in [-0.25, -0.2) is 0 Å². The van der Waals surface area contributed by atoms with Gasteiger partial charge in [0.1, 0.15) is 0 Å². The smallest absolute Gasteiger partial charge is 0.0595 e. The summed E-state index contributed by atoms with van der Waals surface area (Å²) in [5, 5.41) is 1.18. The normalized spacial score (nSPS) is 10.3. The molecule has 0 saturated carbocycles. The summed E-state index contributed by atoms with van der Waals surface area (Å²) < 4.78 is 0. The van der Waals surface area contributed by atoms with Gasteiger partial charge in [-0.1, -0.05) is 29.3 Å². The van der Waals surface area contributed by atoms with E-state index >= 15 is 0 Å². The average Bonchev–Trinajstić information content (AvgIpc) is 2.35. The number of benzene rings is 1. The summed E-state index contributed by atoms with van der Waals surface area (Å²) in [4.78, 5) is 6.12. The second-order valence-electron chi connectivity index (χ2n) is 3.81. The molecule has 17 heavy (non-hydrogen) atoms. The number of hydrogen-bond donors (Lipinski definition) is 0. The topological polar surface area (TPSA) is 16.1 Å². The van der Waals surface area contributed by atoms with E-state index in [0.29, 0.717) is 10.0 Å². The van der Waals surface area contributed by atoms with Gasteiger partial charge < -0.3 is 4.90 Å². The third kappa shape index (κ3) is 3.11. The van der Waals surface area contributed by atoms with Crippen molar-refractivity contribution < 1.29 is 0 Å². The maximum absolute atomic E-state index is 5.98. The van der Waals surface area contributed by atoms with Gasteiger partial charge in [-0.3, -0.25) is 4.98 Å². The molecule has 0 aliphatic rings. The second kappa shape index (κ2) is 5.39. The first-order valence-corrected chi connectivity index (χ1v) is 5.97. The Morgan fingerprint density at radius 2 is 1.76 bits per heavy atom. The molecule has 0 bridgehead atoms. The van der Waals surface area contributed by atoms with Crippen molar-refractivity contribution in [3.8, 4) is 0 Å². The molecule has 0 amide bonds. The van der Waals surface area contributed by atoms with Gasteiger partial charge in [-0.15, -0.1) is 0 Å². The Morgan fingerprint density at radius 1 is 1.06 bits per heavy atom. The van der Waals surface area contributed by atoms with E-state index in [0.717, 1.165) is 17.8 Å². The molecule has 1 heterocycles. The van der Waals surface area contributed by atoms with E-state index in [-0.39, 0.29) is 0 Å². The Balaban J connectivity index is 2.13. The molecule has 2 rings (SSSR count). The first-order chi connectivity index (χ1) is 8.16. The average molecular weight is 267 g/mol. The number of hydrogen-bond acceptors (Lipinski definition) is 2. The van der Waals surface area contributed by atoms with Gasteiger partial charge >= 0.3 is 0 Å².